The molecule has 0 aromatic rings. The van der Waals surface area contributed by atoms with Crippen LogP contribution in [0.3, 0.4) is 0 Å². The molecule has 3 saturated carbocycles. The van der Waals surface area contributed by atoms with E-state index in [2.05, 4.69) is 26.8 Å². The lowest BCUT2D eigenvalue weighted by molar-refractivity contribution is -0.131. The highest BCUT2D eigenvalue weighted by molar-refractivity contribution is 7.92. The van der Waals surface area contributed by atoms with Crippen LogP contribution in [0.15, 0.2) is 11.6 Å². The summed E-state index contributed by atoms with van der Waals surface area (Å²) in [5.74, 6) is 3.75. The van der Waals surface area contributed by atoms with Crippen molar-refractivity contribution in [3.8, 4) is 0 Å². The van der Waals surface area contributed by atoms with E-state index in [0.717, 1.165) is 43.4 Å². The number of hydrogen-bond donors (Lipinski definition) is 1. The van der Waals surface area contributed by atoms with Gasteiger partial charge in [0.25, 0.3) is 0 Å². The molecule has 9 atom stereocenters. The van der Waals surface area contributed by atoms with Crippen molar-refractivity contribution in [1.29, 1.82) is 0 Å². The second-order valence-electron chi connectivity index (χ2n) is 13.4. The molecule has 1 N–H and O–H groups in total. The second kappa shape index (κ2) is 9.15. The van der Waals surface area contributed by atoms with Crippen LogP contribution in [0.1, 0.15) is 91.9 Å². The number of sulfone groups is 1. The third-order valence-electron chi connectivity index (χ3n) is 11.7. The Morgan fingerprint density at radius 2 is 1.94 bits per heavy atom. The van der Waals surface area contributed by atoms with E-state index in [0.29, 0.717) is 42.2 Å². The van der Waals surface area contributed by atoms with Crippen molar-refractivity contribution in [1.82, 2.24) is 4.90 Å². The molecule has 1 saturated heterocycles. The summed E-state index contributed by atoms with van der Waals surface area (Å²) in [4.78, 5) is 14.7. The van der Waals surface area contributed by atoms with Crippen LogP contribution < -0.4 is 0 Å². The molecule has 5 aliphatic rings. The fraction of sp³-hybridized carbons (Fsp3) is 0.897. The monoisotopic (exact) mass is 505 g/mol. The highest BCUT2D eigenvalue weighted by atomic mass is 32.2. The molecule has 1 heterocycles. The molecule has 4 aliphatic carbocycles. The summed E-state index contributed by atoms with van der Waals surface area (Å²) in [6.45, 7) is 9.87. The van der Waals surface area contributed by atoms with Crippen LogP contribution in [-0.2, 0) is 14.6 Å². The maximum atomic E-state index is 12.9. The first kappa shape index (κ1) is 25.8. The molecule has 0 unspecified atom stereocenters. The molecule has 35 heavy (non-hydrogen) atoms. The Bertz CT molecular complexity index is 975. The molecular weight excluding hydrogens is 458 g/mol. The van der Waals surface area contributed by atoms with Crippen molar-refractivity contribution in [2.75, 3.05) is 18.8 Å². The van der Waals surface area contributed by atoms with Gasteiger partial charge in [-0.1, -0.05) is 32.4 Å². The molecule has 1 amide bonds. The van der Waals surface area contributed by atoms with E-state index in [4.69, 9.17) is 0 Å². The summed E-state index contributed by atoms with van der Waals surface area (Å²) < 4.78 is 24.0. The van der Waals surface area contributed by atoms with E-state index >= 15 is 0 Å². The molecule has 5 rings (SSSR count). The third kappa shape index (κ3) is 4.32. The van der Waals surface area contributed by atoms with Crippen LogP contribution in [0.5, 0.6) is 0 Å². The van der Waals surface area contributed by atoms with Gasteiger partial charge in [-0.2, -0.15) is 0 Å². The molecule has 198 valence electrons. The van der Waals surface area contributed by atoms with E-state index in [-0.39, 0.29) is 17.8 Å². The fourth-order valence-corrected chi connectivity index (χ4v) is 10.8. The lowest BCUT2D eigenvalue weighted by Crippen LogP contribution is -2.51. The van der Waals surface area contributed by atoms with Gasteiger partial charge in [0.1, 0.15) is 0 Å². The molecule has 0 radical (unpaired) electrons. The maximum absolute atomic E-state index is 12.9. The molecule has 0 bridgehead atoms. The minimum absolute atomic E-state index is 0.106. The lowest BCUT2D eigenvalue weighted by atomic mass is 9.47. The number of carbonyl (C=O) groups is 1. The summed E-state index contributed by atoms with van der Waals surface area (Å²) in [5.41, 5.74) is 2.20. The first-order valence-electron chi connectivity index (χ1n) is 14.3. The summed E-state index contributed by atoms with van der Waals surface area (Å²) in [5, 5.41) is 9.82. The van der Waals surface area contributed by atoms with E-state index in [9.17, 15) is 18.3 Å². The van der Waals surface area contributed by atoms with Crippen LogP contribution in [0.25, 0.3) is 0 Å². The SMILES string of the molecule is C[C@H](CCC(=O)N1CCS(=O)(=O)[C@H](C)C1)[C@H]1CC[C@H]2[C@@H]3CC=C4C[C@@H](O)CC[C@]4(C)[C@H]3CC[C@]12C. The molecule has 0 spiro atoms. The van der Waals surface area contributed by atoms with Crippen LogP contribution >= 0.6 is 0 Å². The van der Waals surface area contributed by atoms with Crippen LogP contribution in [0, 0.1) is 40.4 Å². The summed E-state index contributed by atoms with van der Waals surface area (Å²) in [6, 6.07) is 0. The minimum atomic E-state index is -3.03. The molecule has 0 aromatic heterocycles. The standard InChI is InChI=1S/C29H47NO4S/c1-19(5-10-27(32)30-15-16-35(33,34)20(2)18-30)24-8-9-25-23-7-6-21-17-22(31)11-13-28(21,3)26(23)12-14-29(24,25)4/h6,19-20,22-26,31H,5,7-18H2,1-4H3/t19-,20-,22+,23+,24-,25+,26+,28+,29-/m1/s1. The number of fused-ring (bicyclic) bond motifs is 5. The number of allylic oxidation sites excluding steroid dienone is 1. The van der Waals surface area contributed by atoms with Crippen molar-refractivity contribution in [3.63, 3.8) is 0 Å². The average molecular weight is 506 g/mol. The minimum Gasteiger partial charge on any atom is -0.393 e. The largest absolute Gasteiger partial charge is 0.393 e. The third-order valence-corrected chi connectivity index (χ3v) is 13.9. The number of amides is 1. The Hall–Kier alpha value is -0.880. The number of hydrogen-bond acceptors (Lipinski definition) is 4. The number of nitrogens with zero attached hydrogens (tertiary/aromatic N) is 1. The predicted octanol–water partition coefficient (Wildman–Crippen LogP) is 4.99. The number of rotatable bonds is 4. The topological polar surface area (TPSA) is 74.7 Å². The molecule has 4 fully saturated rings. The van der Waals surface area contributed by atoms with Gasteiger partial charge in [0.05, 0.1) is 17.1 Å². The molecule has 5 nitrogen and oxygen atoms in total. The molecule has 6 heteroatoms. The number of carbonyl (C=O) groups excluding carboxylic acids is 1. The van der Waals surface area contributed by atoms with Gasteiger partial charge in [-0.05, 0) is 105 Å². The molecular formula is C29H47NO4S. The van der Waals surface area contributed by atoms with Gasteiger partial charge >= 0.3 is 0 Å². The van der Waals surface area contributed by atoms with Crippen molar-refractivity contribution in [2.24, 2.45) is 40.4 Å². The Morgan fingerprint density at radius 1 is 1.17 bits per heavy atom. The van der Waals surface area contributed by atoms with E-state index in [1.54, 1.807) is 17.4 Å². The van der Waals surface area contributed by atoms with Gasteiger partial charge in [-0.3, -0.25) is 4.79 Å². The first-order valence-corrected chi connectivity index (χ1v) is 16.0. The second-order valence-corrected chi connectivity index (χ2v) is 16.0. The van der Waals surface area contributed by atoms with Crippen molar-refractivity contribution in [2.45, 2.75) is 103 Å². The van der Waals surface area contributed by atoms with Gasteiger partial charge < -0.3 is 10.0 Å². The van der Waals surface area contributed by atoms with Crippen molar-refractivity contribution in [3.05, 3.63) is 11.6 Å². The van der Waals surface area contributed by atoms with Crippen molar-refractivity contribution >= 4 is 15.7 Å². The van der Waals surface area contributed by atoms with Crippen LogP contribution in [0.2, 0.25) is 0 Å². The molecule has 0 aromatic carbocycles. The highest BCUT2D eigenvalue weighted by Gasteiger charge is 2.59. The van der Waals surface area contributed by atoms with Gasteiger partial charge in [0, 0.05) is 19.5 Å². The van der Waals surface area contributed by atoms with Crippen molar-refractivity contribution < 1.29 is 18.3 Å². The predicted molar refractivity (Wildman–Crippen MR) is 139 cm³/mol. The Morgan fingerprint density at radius 3 is 2.69 bits per heavy atom. The van der Waals surface area contributed by atoms with Gasteiger partial charge in [0.2, 0.25) is 5.91 Å². The Labute approximate surface area is 213 Å². The van der Waals surface area contributed by atoms with Gasteiger partial charge in [0.15, 0.2) is 9.84 Å². The molecule has 1 aliphatic heterocycles. The van der Waals surface area contributed by atoms with Gasteiger partial charge in [-0.15, -0.1) is 0 Å². The lowest BCUT2D eigenvalue weighted by Gasteiger charge is -2.58. The smallest absolute Gasteiger partial charge is 0.222 e. The average Bonchev–Trinajstić information content (AvgIpc) is 3.17. The van der Waals surface area contributed by atoms with Crippen LogP contribution in [-0.4, -0.2) is 54.5 Å². The zero-order chi connectivity index (χ0) is 25.2. The number of aliphatic hydroxyl groups excluding tert-OH is 1. The fourth-order valence-electron chi connectivity index (χ4n) is 9.51. The van der Waals surface area contributed by atoms with Crippen LogP contribution in [0.4, 0.5) is 0 Å². The van der Waals surface area contributed by atoms with E-state index in [1.165, 1.54) is 32.1 Å². The number of aliphatic hydroxyl groups is 1. The Balaban J connectivity index is 1.22. The Kier molecular flexibility index (Phi) is 6.73. The van der Waals surface area contributed by atoms with Gasteiger partial charge in [-0.25, -0.2) is 8.42 Å². The highest BCUT2D eigenvalue weighted by Crippen LogP contribution is 2.67. The zero-order valence-corrected chi connectivity index (χ0v) is 23.2. The maximum Gasteiger partial charge on any atom is 0.222 e. The normalized spacial score (nSPS) is 45.6. The zero-order valence-electron chi connectivity index (χ0n) is 22.3. The summed E-state index contributed by atoms with van der Waals surface area (Å²) in [7, 11) is -3.03. The van der Waals surface area contributed by atoms with E-state index in [1.807, 2.05) is 0 Å². The quantitative estimate of drug-likeness (QED) is 0.547. The van der Waals surface area contributed by atoms with E-state index < -0.39 is 15.1 Å². The summed E-state index contributed by atoms with van der Waals surface area (Å²) in [6.07, 6.45) is 13.2. The summed E-state index contributed by atoms with van der Waals surface area (Å²) >= 11 is 0. The first-order chi connectivity index (χ1) is 16.5.